The highest BCUT2D eigenvalue weighted by Gasteiger charge is 2.79. The van der Waals surface area contributed by atoms with Crippen molar-refractivity contribution in [2.45, 2.75) is 139 Å². The minimum Gasteiger partial charge on any atom is -0.480 e. The SMILES string of the molecule is C[C@H](CCC(=O)NC(CCCCN)C(=O)O)[C@H]1CC[C@@]2(N)[C@]3(N)[C@@H](O)C[C@@H]4C[C@H](N)CC[C@]4(C)[C@@]3(N)CC[C@]12C. The molecule has 0 aliphatic heterocycles. The summed E-state index contributed by atoms with van der Waals surface area (Å²) < 4.78 is 0. The maximum absolute atomic E-state index is 12.7. The van der Waals surface area contributed by atoms with E-state index in [2.05, 4.69) is 26.1 Å². The number of nitrogens with one attached hydrogen (secondary N) is 1. The number of aliphatic hydroxyl groups excluding tert-OH is 1. The molecule has 4 saturated carbocycles. The summed E-state index contributed by atoms with van der Waals surface area (Å²) >= 11 is 0. The fourth-order valence-electron chi connectivity index (χ4n) is 10.1. The van der Waals surface area contributed by atoms with E-state index in [1.54, 1.807) is 0 Å². The first-order valence-electron chi connectivity index (χ1n) is 15.6. The van der Waals surface area contributed by atoms with Crippen molar-refractivity contribution in [2.75, 3.05) is 6.54 Å². The first-order chi connectivity index (χ1) is 18.6. The van der Waals surface area contributed by atoms with E-state index in [0.29, 0.717) is 45.1 Å². The number of nitrogens with two attached hydrogens (primary N) is 5. The molecule has 11 atom stereocenters. The number of carbonyl (C=O) groups is 2. The van der Waals surface area contributed by atoms with Gasteiger partial charge in [0.2, 0.25) is 5.91 Å². The number of carboxylic acids is 1. The van der Waals surface area contributed by atoms with Crippen LogP contribution in [0.4, 0.5) is 0 Å². The Morgan fingerprint density at radius 2 is 1.62 bits per heavy atom. The van der Waals surface area contributed by atoms with Gasteiger partial charge < -0.3 is 44.2 Å². The number of hydrogen-bond donors (Lipinski definition) is 8. The lowest BCUT2D eigenvalue weighted by Crippen LogP contribution is -2.93. The first kappa shape index (κ1) is 31.6. The highest BCUT2D eigenvalue weighted by molar-refractivity contribution is 5.83. The van der Waals surface area contributed by atoms with Gasteiger partial charge in [-0.15, -0.1) is 0 Å². The van der Waals surface area contributed by atoms with Gasteiger partial charge in [0.05, 0.1) is 11.6 Å². The van der Waals surface area contributed by atoms with Gasteiger partial charge in [-0.2, -0.15) is 0 Å². The van der Waals surface area contributed by atoms with E-state index in [1.807, 2.05) is 0 Å². The second-order valence-electron chi connectivity index (χ2n) is 14.5. The molecule has 230 valence electrons. The summed E-state index contributed by atoms with van der Waals surface area (Å²) in [6.07, 6.45) is 8.13. The van der Waals surface area contributed by atoms with Gasteiger partial charge >= 0.3 is 5.97 Å². The van der Waals surface area contributed by atoms with E-state index < -0.39 is 34.7 Å². The largest absolute Gasteiger partial charge is 0.480 e. The van der Waals surface area contributed by atoms with Crippen molar-refractivity contribution in [3.8, 4) is 0 Å². The van der Waals surface area contributed by atoms with Crippen molar-refractivity contribution in [1.82, 2.24) is 5.32 Å². The number of amides is 1. The van der Waals surface area contributed by atoms with Gasteiger partial charge in [-0.05, 0) is 112 Å². The third-order valence-corrected chi connectivity index (χ3v) is 12.9. The summed E-state index contributed by atoms with van der Waals surface area (Å²) in [6.45, 7) is 7.15. The molecule has 0 saturated heterocycles. The molecule has 4 rings (SSSR count). The fourth-order valence-corrected chi connectivity index (χ4v) is 10.1. The van der Waals surface area contributed by atoms with Crippen LogP contribution in [0.1, 0.15) is 104 Å². The molecule has 0 aromatic heterocycles. The van der Waals surface area contributed by atoms with Crippen LogP contribution in [-0.2, 0) is 9.59 Å². The Hall–Kier alpha value is -1.30. The quantitative estimate of drug-likeness (QED) is 0.179. The van der Waals surface area contributed by atoms with Crippen LogP contribution in [0.2, 0.25) is 0 Å². The highest BCUT2D eigenvalue weighted by atomic mass is 16.4. The van der Waals surface area contributed by atoms with Crippen LogP contribution < -0.4 is 34.0 Å². The van der Waals surface area contributed by atoms with Crippen LogP contribution in [-0.4, -0.2) is 63.4 Å². The van der Waals surface area contributed by atoms with Crippen LogP contribution in [0.5, 0.6) is 0 Å². The lowest BCUT2D eigenvalue weighted by Gasteiger charge is -2.74. The minimum absolute atomic E-state index is 0.130. The number of aliphatic carboxylic acids is 1. The second-order valence-corrected chi connectivity index (χ2v) is 14.5. The van der Waals surface area contributed by atoms with Gasteiger partial charge in [0.15, 0.2) is 0 Å². The predicted molar refractivity (Wildman–Crippen MR) is 156 cm³/mol. The molecule has 10 nitrogen and oxygen atoms in total. The van der Waals surface area contributed by atoms with Gasteiger partial charge in [-0.25, -0.2) is 4.79 Å². The lowest BCUT2D eigenvalue weighted by molar-refractivity contribution is -0.202. The molecule has 4 fully saturated rings. The Labute approximate surface area is 239 Å². The predicted octanol–water partition coefficient (Wildman–Crippen LogP) is 1.30. The van der Waals surface area contributed by atoms with Gasteiger partial charge in [0.1, 0.15) is 6.04 Å². The third-order valence-electron chi connectivity index (χ3n) is 12.9. The zero-order valence-electron chi connectivity index (χ0n) is 25.0. The van der Waals surface area contributed by atoms with Gasteiger partial charge in [0.25, 0.3) is 0 Å². The summed E-state index contributed by atoms with van der Waals surface area (Å²) in [5, 5.41) is 24.0. The summed E-state index contributed by atoms with van der Waals surface area (Å²) in [6, 6.07) is -0.763. The minimum atomic E-state index is -1.14. The first-order valence-corrected chi connectivity index (χ1v) is 15.6. The molecule has 0 aromatic carbocycles. The molecule has 4 aliphatic rings. The average molecular weight is 565 g/mol. The van der Waals surface area contributed by atoms with E-state index >= 15 is 0 Å². The number of aliphatic hydroxyl groups is 1. The normalized spacial score (nSPS) is 46.0. The number of carbonyl (C=O) groups excluding carboxylic acids is 1. The van der Waals surface area contributed by atoms with Crippen molar-refractivity contribution >= 4 is 11.9 Å². The monoisotopic (exact) mass is 564 g/mol. The van der Waals surface area contributed by atoms with Gasteiger partial charge in [0, 0.05) is 23.5 Å². The summed E-state index contributed by atoms with van der Waals surface area (Å²) in [7, 11) is 0. The number of unbranched alkanes of at least 4 members (excludes halogenated alkanes) is 1. The van der Waals surface area contributed by atoms with Crippen LogP contribution in [0, 0.1) is 28.6 Å². The highest BCUT2D eigenvalue weighted by Crippen LogP contribution is 2.70. The van der Waals surface area contributed by atoms with E-state index in [4.69, 9.17) is 28.7 Å². The molecule has 0 bridgehead atoms. The Morgan fingerprint density at radius 1 is 0.950 bits per heavy atom. The zero-order valence-corrected chi connectivity index (χ0v) is 25.0. The molecule has 0 radical (unpaired) electrons. The molecule has 1 amide bonds. The Kier molecular flexibility index (Phi) is 8.76. The van der Waals surface area contributed by atoms with E-state index in [1.165, 1.54) is 0 Å². The van der Waals surface area contributed by atoms with Crippen molar-refractivity contribution in [1.29, 1.82) is 0 Å². The van der Waals surface area contributed by atoms with Gasteiger partial charge in [-0.1, -0.05) is 20.8 Å². The Bertz CT molecular complexity index is 968. The summed E-state index contributed by atoms with van der Waals surface area (Å²) in [5.41, 5.74) is 30.9. The number of rotatable bonds is 10. The van der Waals surface area contributed by atoms with Crippen molar-refractivity contribution < 1.29 is 19.8 Å². The summed E-state index contributed by atoms with van der Waals surface area (Å²) in [5.74, 6) is -0.649. The van der Waals surface area contributed by atoms with Crippen LogP contribution in [0.15, 0.2) is 0 Å². The van der Waals surface area contributed by atoms with E-state index in [0.717, 1.165) is 38.5 Å². The maximum Gasteiger partial charge on any atom is 0.326 e. The average Bonchev–Trinajstić information content (AvgIpc) is 3.18. The zero-order chi connectivity index (χ0) is 29.7. The van der Waals surface area contributed by atoms with E-state index in [9.17, 15) is 19.8 Å². The Morgan fingerprint density at radius 3 is 2.27 bits per heavy atom. The number of fused-ring (bicyclic) bond motifs is 5. The van der Waals surface area contributed by atoms with Crippen molar-refractivity contribution in [3.63, 3.8) is 0 Å². The molecule has 0 aromatic rings. The van der Waals surface area contributed by atoms with Crippen LogP contribution in [0.3, 0.4) is 0 Å². The molecule has 13 N–H and O–H groups in total. The van der Waals surface area contributed by atoms with E-state index in [-0.39, 0.29) is 47.0 Å². The smallest absolute Gasteiger partial charge is 0.326 e. The number of hydrogen-bond acceptors (Lipinski definition) is 8. The standard InChI is InChI=1S/C30H56N6O4/c1-18(7-8-24(38)36-22(25(39)40)6-4-5-15-31)21-10-12-28(33)27(21,3)13-14-29(34)26(2)11-9-20(32)16-19(26)17-23(37)30(28,29)35/h18-23,37H,4-17,31-35H2,1-3H3,(H,36,38)(H,39,40)/t18-,19+,20-,21-,22?,23+,26+,27-,28+,29+,30-/m1/s1. The molecule has 0 heterocycles. The molecule has 10 heteroatoms. The molecular weight excluding hydrogens is 508 g/mol. The summed E-state index contributed by atoms with van der Waals surface area (Å²) in [4.78, 5) is 24.4. The van der Waals surface area contributed by atoms with Crippen molar-refractivity contribution in [2.24, 2.45) is 57.3 Å². The fraction of sp³-hybridized carbons (Fsp3) is 0.933. The lowest BCUT2D eigenvalue weighted by atomic mass is 9.35. The maximum atomic E-state index is 12.7. The molecular formula is C30H56N6O4. The third kappa shape index (κ3) is 4.52. The molecule has 40 heavy (non-hydrogen) atoms. The van der Waals surface area contributed by atoms with Crippen molar-refractivity contribution in [3.05, 3.63) is 0 Å². The molecule has 1 unspecified atom stereocenters. The Balaban J connectivity index is 1.49. The topological polar surface area (TPSA) is 217 Å². The molecule has 0 spiro atoms. The van der Waals surface area contributed by atoms with Gasteiger partial charge in [-0.3, -0.25) is 4.79 Å². The molecule has 4 aliphatic carbocycles. The van der Waals surface area contributed by atoms with Crippen LogP contribution >= 0.6 is 0 Å². The second kappa shape index (κ2) is 11.1. The number of carboxylic acid groups (broad SMARTS) is 1. The van der Waals surface area contributed by atoms with Crippen LogP contribution in [0.25, 0.3) is 0 Å².